The van der Waals surface area contributed by atoms with Gasteiger partial charge in [-0.15, -0.1) is 11.3 Å². The van der Waals surface area contributed by atoms with Gasteiger partial charge in [0.25, 0.3) is 0 Å². The SMILES string of the molecule is Cc1ncsc1COc1ccc(Cl)cc1C(=O)O. The van der Waals surface area contributed by atoms with Gasteiger partial charge in [0.05, 0.1) is 16.1 Å². The minimum absolute atomic E-state index is 0.0599. The Kier molecular flexibility index (Phi) is 3.84. The summed E-state index contributed by atoms with van der Waals surface area (Å²) in [7, 11) is 0. The molecule has 1 aromatic carbocycles. The number of thiazole rings is 1. The molecule has 2 aromatic rings. The topological polar surface area (TPSA) is 59.4 Å². The molecule has 0 spiro atoms. The van der Waals surface area contributed by atoms with Crippen molar-refractivity contribution < 1.29 is 14.6 Å². The second-order valence-electron chi connectivity index (χ2n) is 3.60. The number of rotatable bonds is 4. The fraction of sp³-hybridized carbons (Fsp3) is 0.167. The Balaban J connectivity index is 2.19. The first kappa shape index (κ1) is 12.9. The summed E-state index contributed by atoms with van der Waals surface area (Å²) >= 11 is 7.24. The molecule has 0 radical (unpaired) electrons. The molecule has 1 aromatic heterocycles. The third-order valence-corrected chi connectivity index (χ3v) is 3.52. The van der Waals surface area contributed by atoms with Crippen molar-refractivity contribution in [1.82, 2.24) is 4.98 Å². The molecule has 18 heavy (non-hydrogen) atoms. The number of carboxylic acids is 1. The van der Waals surface area contributed by atoms with Gasteiger partial charge in [-0.2, -0.15) is 0 Å². The van der Waals surface area contributed by atoms with Crippen molar-refractivity contribution in [3.8, 4) is 5.75 Å². The van der Waals surface area contributed by atoms with Crippen LogP contribution >= 0.6 is 22.9 Å². The maximum Gasteiger partial charge on any atom is 0.339 e. The number of carboxylic acid groups (broad SMARTS) is 1. The Morgan fingerprint density at radius 2 is 2.33 bits per heavy atom. The van der Waals surface area contributed by atoms with Crippen LogP contribution in [-0.4, -0.2) is 16.1 Å². The van der Waals surface area contributed by atoms with Gasteiger partial charge in [0.1, 0.15) is 17.9 Å². The van der Waals surface area contributed by atoms with Crippen LogP contribution in [0.15, 0.2) is 23.7 Å². The summed E-state index contributed by atoms with van der Waals surface area (Å²) < 4.78 is 5.51. The van der Waals surface area contributed by atoms with Gasteiger partial charge in [0.2, 0.25) is 0 Å². The Morgan fingerprint density at radius 3 is 2.94 bits per heavy atom. The molecule has 6 heteroatoms. The van der Waals surface area contributed by atoms with E-state index < -0.39 is 5.97 Å². The predicted octanol–water partition coefficient (Wildman–Crippen LogP) is 3.38. The van der Waals surface area contributed by atoms with Crippen LogP contribution in [0.2, 0.25) is 5.02 Å². The molecule has 0 amide bonds. The summed E-state index contributed by atoms with van der Waals surface area (Å²) in [6.07, 6.45) is 0. The molecular weight excluding hydrogens is 274 g/mol. The van der Waals surface area contributed by atoms with Crippen molar-refractivity contribution in [1.29, 1.82) is 0 Å². The predicted molar refractivity (Wildman–Crippen MR) is 69.6 cm³/mol. The molecule has 0 aliphatic heterocycles. The number of aryl methyl sites for hydroxylation is 1. The van der Waals surface area contributed by atoms with E-state index in [4.69, 9.17) is 21.4 Å². The van der Waals surface area contributed by atoms with Gasteiger partial charge in [0, 0.05) is 5.02 Å². The number of carbonyl (C=O) groups is 1. The van der Waals surface area contributed by atoms with Gasteiger partial charge in [-0.3, -0.25) is 0 Å². The number of benzene rings is 1. The first-order valence-electron chi connectivity index (χ1n) is 5.12. The van der Waals surface area contributed by atoms with Crippen LogP contribution in [0.4, 0.5) is 0 Å². The van der Waals surface area contributed by atoms with E-state index in [2.05, 4.69) is 4.98 Å². The second-order valence-corrected chi connectivity index (χ2v) is 4.97. The summed E-state index contributed by atoms with van der Waals surface area (Å²) in [6, 6.07) is 4.53. The Bertz CT molecular complexity index is 582. The number of aromatic carboxylic acids is 1. The molecule has 0 saturated heterocycles. The van der Waals surface area contributed by atoms with Crippen LogP contribution in [-0.2, 0) is 6.61 Å². The highest BCUT2D eigenvalue weighted by Gasteiger charge is 2.12. The zero-order valence-electron chi connectivity index (χ0n) is 9.51. The molecule has 0 atom stereocenters. The lowest BCUT2D eigenvalue weighted by Crippen LogP contribution is -2.03. The Morgan fingerprint density at radius 1 is 1.56 bits per heavy atom. The average Bonchev–Trinajstić information content (AvgIpc) is 2.73. The Hall–Kier alpha value is -1.59. The van der Waals surface area contributed by atoms with Crippen molar-refractivity contribution in [2.75, 3.05) is 0 Å². The third kappa shape index (κ3) is 2.80. The fourth-order valence-corrected chi connectivity index (χ4v) is 2.26. The maximum atomic E-state index is 11.1. The molecule has 1 heterocycles. The number of aromatic nitrogens is 1. The van der Waals surface area contributed by atoms with E-state index in [1.807, 2.05) is 6.92 Å². The first-order chi connectivity index (χ1) is 8.58. The van der Waals surface area contributed by atoms with Crippen LogP contribution in [0.25, 0.3) is 0 Å². The molecule has 0 aliphatic carbocycles. The summed E-state index contributed by atoms with van der Waals surface area (Å²) in [5.41, 5.74) is 2.68. The van der Waals surface area contributed by atoms with Crippen molar-refractivity contribution in [2.45, 2.75) is 13.5 Å². The number of ether oxygens (including phenoxy) is 1. The fourth-order valence-electron chi connectivity index (χ4n) is 1.40. The number of hydrogen-bond donors (Lipinski definition) is 1. The molecule has 0 saturated carbocycles. The first-order valence-corrected chi connectivity index (χ1v) is 6.38. The minimum atomic E-state index is -1.06. The van der Waals surface area contributed by atoms with E-state index in [9.17, 15) is 4.79 Å². The highest BCUT2D eigenvalue weighted by Crippen LogP contribution is 2.24. The van der Waals surface area contributed by atoms with Gasteiger partial charge < -0.3 is 9.84 Å². The highest BCUT2D eigenvalue weighted by atomic mass is 35.5. The highest BCUT2D eigenvalue weighted by molar-refractivity contribution is 7.09. The van der Waals surface area contributed by atoms with Crippen LogP contribution in [0.5, 0.6) is 5.75 Å². The van der Waals surface area contributed by atoms with E-state index in [0.29, 0.717) is 17.4 Å². The van der Waals surface area contributed by atoms with Crippen LogP contribution in [0.1, 0.15) is 20.9 Å². The number of nitrogens with zero attached hydrogens (tertiary/aromatic N) is 1. The lowest BCUT2D eigenvalue weighted by molar-refractivity contribution is 0.0692. The van der Waals surface area contributed by atoms with E-state index >= 15 is 0 Å². The van der Waals surface area contributed by atoms with Gasteiger partial charge in [-0.25, -0.2) is 9.78 Å². The van der Waals surface area contributed by atoms with Crippen molar-refractivity contribution >= 4 is 28.9 Å². The maximum absolute atomic E-state index is 11.1. The summed E-state index contributed by atoms with van der Waals surface area (Å²) in [5.74, 6) is -0.756. The second kappa shape index (κ2) is 5.37. The largest absolute Gasteiger partial charge is 0.487 e. The van der Waals surface area contributed by atoms with Crippen LogP contribution in [0, 0.1) is 6.92 Å². The quantitative estimate of drug-likeness (QED) is 0.934. The lowest BCUT2D eigenvalue weighted by Gasteiger charge is -2.08. The van der Waals surface area contributed by atoms with Crippen molar-refractivity contribution in [3.63, 3.8) is 0 Å². The zero-order chi connectivity index (χ0) is 13.1. The van der Waals surface area contributed by atoms with Gasteiger partial charge in [-0.05, 0) is 25.1 Å². The average molecular weight is 284 g/mol. The molecule has 0 aliphatic rings. The van der Waals surface area contributed by atoms with Crippen molar-refractivity contribution in [2.24, 2.45) is 0 Å². The molecule has 2 rings (SSSR count). The molecular formula is C12H10ClNO3S. The molecule has 94 valence electrons. The van der Waals surface area contributed by atoms with Gasteiger partial charge in [-0.1, -0.05) is 11.6 Å². The summed E-state index contributed by atoms with van der Waals surface area (Å²) in [6.45, 7) is 2.19. The standard InChI is InChI=1S/C12H10ClNO3S/c1-7-11(18-6-14-7)5-17-10-3-2-8(13)4-9(10)12(15)16/h2-4,6H,5H2,1H3,(H,15,16). The molecule has 4 nitrogen and oxygen atoms in total. The third-order valence-electron chi connectivity index (χ3n) is 2.38. The molecule has 0 fully saturated rings. The number of hydrogen-bond acceptors (Lipinski definition) is 4. The zero-order valence-corrected chi connectivity index (χ0v) is 11.1. The van der Waals surface area contributed by atoms with Crippen molar-refractivity contribution in [3.05, 3.63) is 44.9 Å². The normalized spacial score (nSPS) is 10.3. The van der Waals surface area contributed by atoms with E-state index in [1.54, 1.807) is 17.6 Å². The minimum Gasteiger partial charge on any atom is -0.487 e. The summed E-state index contributed by atoms with van der Waals surface area (Å²) in [5, 5.41) is 9.42. The monoisotopic (exact) mass is 283 g/mol. The molecule has 1 N–H and O–H groups in total. The molecule has 0 unspecified atom stereocenters. The smallest absolute Gasteiger partial charge is 0.339 e. The van der Waals surface area contributed by atoms with Gasteiger partial charge >= 0.3 is 5.97 Å². The molecule has 0 bridgehead atoms. The van der Waals surface area contributed by atoms with E-state index in [0.717, 1.165) is 10.6 Å². The van der Waals surface area contributed by atoms with Gasteiger partial charge in [0.15, 0.2) is 0 Å². The van der Waals surface area contributed by atoms with E-state index in [1.165, 1.54) is 17.4 Å². The van der Waals surface area contributed by atoms with E-state index in [-0.39, 0.29) is 5.56 Å². The lowest BCUT2D eigenvalue weighted by atomic mass is 10.2. The Labute approximate surface area is 113 Å². The summed E-state index contributed by atoms with van der Waals surface area (Å²) in [4.78, 5) is 16.1. The van der Waals surface area contributed by atoms with Crippen LogP contribution in [0.3, 0.4) is 0 Å². The number of halogens is 1. The van der Waals surface area contributed by atoms with Crippen LogP contribution < -0.4 is 4.74 Å².